The van der Waals surface area contributed by atoms with Gasteiger partial charge in [-0.25, -0.2) is 4.98 Å². The zero-order chi connectivity index (χ0) is 11.1. The van der Waals surface area contributed by atoms with Crippen molar-refractivity contribution in [3.05, 3.63) is 29.0 Å². The van der Waals surface area contributed by atoms with Crippen LogP contribution in [-0.4, -0.2) is 22.7 Å². The highest BCUT2D eigenvalue weighted by Crippen LogP contribution is 2.11. The lowest BCUT2D eigenvalue weighted by Crippen LogP contribution is -2.29. The van der Waals surface area contributed by atoms with Crippen molar-refractivity contribution in [1.82, 2.24) is 10.3 Å². The minimum atomic E-state index is 0.215. The molecule has 84 valence electrons. The fraction of sp³-hybridized carbons (Fsp3) is 0.545. The van der Waals surface area contributed by atoms with Crippen LogP contribution in [0.4, 0.5) is 0 Å². The van der Waals surface area contributed by atoms with Gasteiger partial charge < -0.3 is 10.4 Å². The third-order valence-electron chi connectivity index (χ3n) is 2.39. The quantitative estimate of drug-likeness (QED) is 0.732. The van der Waals surface area contributed by atoms with Gasteiger partial charge in [0.2, 0.25) is 0 Å². The van der Waals surface area contributed by atoms with Gasteiger partial charge in [-0.1, -0.05) is 24.6 Å². The monoisotopic (exact) mass is 228 g/mol. The molecule has 1 aromatic heterocycles. The number of aliphatic hydroxyl groups excluding tert-OH is 1. The molecule has 1 atom stereocenters. The molecular weight excluding hydrogens is 212 g/mol. The van der Waals surface area contributed by atoms with Crippen LogP contribution in [0.2, 0.25) is 5.15 Å². The van der Waals surface area contributed by atoms with Gasteiger partial charge in [-0.05, 0) is 18.9 Å². The molecule has 0 aliphatic rings. The van der Waals surface area contributed by atoms with Gasteiger partial charge in [-0.2, -0.15) is 0 Å². The maximum atomic E-state index is 8.84. The Labute approximate surface area is 95.5 Å². The second kappa shape index (κ2) is 6.77. The average molecular weight is 229 g/mol. The first-order valence-electron chi connectivity index (χ1n) is 5.21. The highest BCUT2D eigenvalue weighted by Gasteiger charge is 2.06. The number of aromatic nitrogens is 1. The van der Waals surface area contributed by atoms with E-state index in [1.54, 1.807) is 6.20 Å². The van der Waals surface area contributed by atoms with E-state index < -0.39 is 0 Å². The Morgan fingerprint density at radius 3 is 3.00 bits per heavy atom. The Morgan fingerprint density at radius 2 is 2.40 bits per heavy atom. The fourth-order valence-electron chi connectivity index (χ4n) is 1.41. The molecule has 0 saturated heterocycles. The molecule has 3 nitrogen and oxygen atoms in total. The van der Waals surface area contributed by atoms with Crippen LogP contribution in [0.3, 0.4) is 0 Å². The van der Waals surface area contributed by atoms with E-state index in [1.165, 1.54) is 0 Å². The highest BCUT2D eigenvalue weighted by atomic mass is 35.5. The van der Waals surface area contributed by atoms with Crippen molar-refractivity contribution in [1.29, 1.82) is 0 Å². The van der Waals surface area contributed by atoms with E-state index in [0.29, 0.717) is 17.7 Å². The Hall–Kier alpha value is -0.640. The number of nitrogens with one attached hydrogen (secondary N) is 1. The third kappa shape index (κ3) is 4.16. The SMILES string of the molecule is CCC(CCO)NCc1cccnc1Cl. The summed E-state index contributed by atoms with van der Waals surface area (Å²) in [6.07, 6.45) is 3.45. The summed E-state index contributed by atoms with van der Waals surface area (Å²) in [6.45, 7) is 3.01. The number of hydrogen-bond acceptors (Lipinski definition) is 3. The Balaban J connectivity index is 2.45. The summed E-state index contributed by atoms with van der Waals surface area (Å²) in [4.78, 5) is 4.00. The molecule has 0 amide bonds. The molecule has 1 rings (SSSR count). The molecule has 0 saturated carbocycles. The molecule has 1 aromatic rings. The lowest BCUT2D eigenvalue weighted by atomic mass is 10.1. The van der Waals surface area contributed by atoms with E-state index in [2.05, 4.69) is 17.2 Å². The molecule has 15 heavy (non-hydrogen) atoms. The standard InChI is InChI=1S/C11H17ClN2O/c1-2-10(5-7-15)14-8-9-4-3-6-13-11(9)12/h3-4,6,10,14-15H,2,5,7-8H2,1H3. The highest BCUT2D eigenvalue weighted by molar-refractivity contribution is 6.30. The number of rotatable bonds is 6. The topological polar surface area (TPSA) is 45.1 Å². The molecule has 0 aliphatic carbocycles. The molecule has 2 N–H and O–H groups in total. The van der Waals surface area contributed by atoms with Crippen molar-refractivity contribution in [3.8, 4) is 0 Å². The van der Waals surface area contributed by atoms with Crippen molar-refractivity contribution >= 4 is 11.6 Å². The maximum absolute atomic E-state index is 8.84. The van der Waals surface area contributed by atoms with Crippen LogP contribution in [0, 0.1) is 0 Å². The lowest BCUT2D eigenvalue weighted by Gasteiger charge is -2.15. The Morgan fingerprint density at radius 1 is 1.60 bits per heavy atom. The van der Waals surface area contributed by atoms with Crippen LogP contribution in [0.1, 0.15) is 25.3 Å². The first-order valence-corrected chi connectivity index (χ1v) is 5.59. The molecular formula is C11H17ClN2O. The molecule has 1 heterocycles. The number of nitrogens with zero attached hydrogens (tertiary/aromatic N) is 1. The summed E-state index contributed by atoms with van der Waals surface area (Å²) in [7, 11) is 0. The van der Waals surface area contributed by atoms with Gasteiger partial charge in [0.15, 0.2) is 0 Å². The normalized spacial score (nSPS) is 12.7. The molecule has 0 bridgehead atoms. The molecule has 1 unspecified atom stereocenters. The minimum Gasteiger partial charge on any atom is -0.396 e. The number of halogens is 1. The Bertz CT molecular complexity index is 294. The van der Waals surface area contributed by atoms with E-state index in [4.69, 9.17) is 16.7 Å². The predicted molar refractivity (Wildman–Crippen MR) is 61.9 cm³/mol. The van der Waals surface area contributed by atoms with Gasteiger partial charge in [-0.15, -0.1) is 0 Å². The van der Waals surface area contributed by atoms with Gasteiger partial charge >= 0.3 is 0 Å². The van der Waals surface area contributed by atoms with Gasteiger partial charge in [0.05, 0.1) is 0 Å². The van der Waals surface area contributed by atoms with Crippen molar-refractivity contribution in [2.45, 2.75) is 32.4 Å². The second-order valence-corrected chi connectivity index (χ2v) is 3.81. The van der Waals surface area contributed by atoms with Crippen molar-refractivity contribution in [3.63, 3.8) is 0 Å². The van der Waals surface area contributed by atoms with Gasteiger partial charge in [0.1, 0.15) is 5.15 Å². The van der Waals surface area contributed by atoms with Crippen LogP contribution in [0.15, 0.2) is 18.3 Å². The lowest BCUT2D eigenvalue weighted by molar-refractivity contribution is 0.262. The van der Waals surface area contributed by atoms with Gasteiger partial charge in [-0.3, -0.25) is 0 Å². The zero-order valence-corrected chi connectivity index (χ0v) is 9.67. The summed E-state index contributed by atoms with van der Waals surface area (Å²) in [6, 6.07) is 4.16. The minimum absolute atomic E-state index is 0.215. The van der Waals surface area contributed by atoms with Crippen LogP contribution < -0.4 is 5.32 Å². The summed E-state index contributed by atoms with van der Waals surface area (Å²) < 4.78 is 0. The van der Waals surface area contributed by atoms with Crippen LogP contribution in [0.5, 0.6) is 0 Å². The first-order chi connectivity index (χ1) is 7.27. The molecule has 0 aliphatic heterocycles. The fourth-order valence-corrected chi connectivity index (χ4v) is 1.60. The number of pyridine rings is 1. The summed E-state index contributed by atoms with van der Waals surface area (Å²) >= 11 is 5.93. The molecule has 0 radical (unpaired) electrons. The largest absolute Gasteiger partial charge is 0.396 e. The summed E-state index contributed by atoms with van der Waals surface area (Å²) in [5.41, 5.74) is 0.996. The maximum Gasteiger partial charge on any atom is 0.133 e. The molecule has 4 heteroatoms. The van der Waals surface area contributed by atoms with E-state index >= 15 is 0 Å². The first kappa shape index (κ1) is 12.4. The molecule has 0 aromatic carbocycles. The average Bonchev–Trinajstić information content (AvgIpc) is 2.26. The summed E-state index contributed by atoms with van der Waals surface area (Å²) in [5, 5.41) is 12.7. The molecule has 0 spiro atoms. The van der Waals surface area contributed by atoms with Gasteiger partial charge in [0.25, 0.3) is 0 Å². The van der Waals surface area contributed by atoms with E-state index in [0.717, 1.165) is 18.4 Å². The van der Waals surface area contributed by atoms with Crippen molar-refractivity contribution in [2.75, 3.05) is 6.61 Å². The van der Waals surface area contributed by atoms with E-state index in [1.807, 2.05) is 12.1 Å². The summed E-state index contributed by atoms with van der Waals surface area (Å²) in [5.74, 6) is 0. The second-order valence-electron chi connectivity index (χ2n) is 3.45. The van der Waals surface area contributed by atoms with Crippen LogP contribution in [-0.2, 0) is 6.54 Å². The van der Waals surface area contributed by atoms with Crippen LogP contribution in [0.25, 0.3) is 0 Å². The number of aliphatic hydroxyl groups is 1. The molecule has 0 fully saturated rings. The van der Waals surface area contributed by atoms with Gasteiger partial charge in [0, 0.05) is 31.0 Å². The van der Waals surface area contributed by atoms with E-state index in [-0.39, 0.29) is 6.61 Å². The zero-order valence-electron chi connectivity index (χ0n) is 8.91. The smallest absolute Gasteiger partial charge is 0.133 e. The Kier molecular flexibility index (Phi) is 5.61. The van der Waals surface area contributed by atoms with Crippen molar-refractivity contribution in [2.24, 2.45) is 0 Å². The third-order valence-corrected chi connectivity index (χ3v) is 2.73. The van der Waals surface area contributed by atoms with Crippen LogP contribution >= 0.6 is 11.6 Å². The number of hydrogen-bond donors (Lipinski definition) is 2. The van der Waals surface area contributed by atoms with E-state index in [9.17, 15) is 0 Å². The van der Waals surface area contributed by atoms with Crippen molar-refractivity contribution < 1.29 is 5.11 Å². The predicted octanol–water partition coefficient (Wildman–Crippen LogP) is 1.99.